The van der Waals surface area contributed by atoms with Crippen LogP contribution in [-0.4, -0.2) is 36.3 Å². The summed E-state index contributed by atoms with van der Waals surface area (Å²) in [5.41, 5.74) is 1.24. The molecule has 0 aliphatic rings. The average Bonchev–Trinajstić information content (AvgIpc) is 2.70. The van der Waals surface area contributed by atoms with Gasteiger partial charge in [0.2, 0.25) is 0 Å². The molecule has 0 radical (unpaired) electrons. The van der Waals surface area contributed by atoms with Crippen LogP contribution in [0.5, 0.6) is 0 Å². The van der Waals surface area contributed by atoms with Gasteiger partial charge in [-0.2, -0.15) is 0 Å². The van der Waals surface area contributed by atoms with Crippen molar-refractivity contribution in [2.24, 2.45) is 5.92 Å². The van der Waals surface area contributed by atoms with E-state index >= 15 is 0 Å². The van der Waals surface area contributed by atoms with Gasteiger partial charge in [0.05, 0.1) is 11.1 Å². The topological polar surface area (TPSA) is 33.2 Å². The molecule has 0 fully saturated rings. The monoisotopic (exact) mass is 366 g/mol. The number of hydrogen-bond acceptors (Lipinski definition) is 3. The second kappa shape index (κ2) is 10.4. The predicted molar refractivity (Wildman–Crippen MR) is 113 cm³/mol. The Morgan fingerprint density at radius 3 is 2.33 bits per heavy atom. The summed E-state index contributed by atoms with van der Waals surface area (Å²) in [5, 5.41) is 0. The van der Waals surface area contributed by atoms with E-state index in [0.717, 1.165) is 49.9 Å². The van der Waals surface area contributed by atoms with Crippen LogP contribution in [0.4, 0.5) is 0 Å². The number of rotatable bonds is 11. The van der Waals surface area contributed by atoms with Crippen LogP contribution in [0.15, 0.2) is 54.7 Å². The Morgan fingerprint density at radius 1 is 1.07 bits per heavy atom. The zero-order valence-corrected chi connectivity index (χ0v) is 17.3. The molecule has 0 N–H and O–H groups in total. The maximum absolute atomic E-state index is 14.1. The molecule has 3 heteroatoms. The van der Waals surface area contributed by atoms with Crippen molar-refractivity contribution in [3.8, 4) is 0 Å². The van der Waals surface area contributed by atoms with E-state index in [0.29, 0.717) is 5.78 Å². The van der Waals surface area contributed by atoms with Crippen molar-refractivity contribution < 1.29 is 4.79 Å². The van der Waals surface area contributed by atoms with Crippen LogP contribution in [0, 0.1) is 5.92 Å². The third kappa shape index (κ3) is 5.04. The normalized spacial score (nSPS) is 14.7. The zero-order chi connectivity index (χ0) is 19.7. The molecule has 2 rings (SSSR count). The van der Waals surface area contributed by atoms with E-state index in [1.54, 1.807) is 0 Å². The Bertz CT molecular complexity index is 643. The van der Waals surface area contributed by atoms with E-state index in [9.17, 15) is 4.79 Å². The molecule has 3 nitrogen and oxygen atoms in total. The number of Topliss-reactive ketones (excluding diaryl/α,β-unsaturated/α-hetero) is 1. The first-order chi connectivity index (χ1) is 13.1. The van der Waals surface area contributed by atoms with Crippen LogP contribution in [0.2, 0.25) is 0 Å². The fourth-order valence-electron chi connectivity index (χ4n) is 3.86. The minimum absolute atomic E-state index is 0.0642. The van der Waals surface area contributed by atoms with Gasteiger partial charge >= 0.3 is 0 Å². The molecule has 0 spiro atoms. The summed E-state index contributed by atoms with van der Waals surface area (Å²) >= 11 is 0. The number of ketones is 1. The summed E-state index contributed by atoms with van der Waals surface area (Å²) in [6.07, 6.45) is 6.58. The standard InChI is InChI=1S/C24H34N2O/c1-5-7-13-20(6-2)23(27)24(17-19-26(3)4,21-14-9-8-10-15-21)22-16-11-12-18-25-22/h8-12,14-16,18,20H,5-7,13,17,19H2,1-4H3/t20-,24+/m1/s1. The van der Waals surface area contributed by atoms with E-state index in [2.05, 4.69) is 50.0 Å². The van der Waals surface area contributed by atoms with Gasteiger partial charge in [0.25, 0.3) is 0 Å². The summed E-state index contributed by atoms with van der Waals surface area (Å²) in [6.45, 7) is 5.16. The lowest BCUT2D eigenvalue weighted by Crippen LogP contribution is -2.44. The zero-order valence-electron chi connectivity index (χ0n) is 17.3. The van der Waals surface area contributed by atoms with Crippen molar-refractivity contribution in [3.63, 3.8) is 0 Å². The van der Waals surface area contributed by atoms with Crippen LogP contribution >= 0.6 is 0 Å². The van der Waals surface area contributed by atoms with E-state index in [4.69, 9.17) is 0 Å². The summed E-state index contributed by atoms with van der Waals surface area (Å²) in [5.74, 6) is 0.388. The van der Waals surface area contributed by atoms with Gasteiger partial charge in [0, 0.05) is 12.1 Å². The van der Waals surface area contributed by atoms with E-state index in [1.807, 2.05) is 42.6 Å². The Labute approximate surface area is 164 Å². The predicted octanol–water partition coefficient (Wildman–Crippen LogP) is 5.10. The van der Waals surface area contributed by atoms with Gasteiger partial charge in [-0.25, -0.2) is 0 Å². The van der Waals surface area contributed by atoms with Crippen molar-refractivity contribution in [1.29, 1.82) is 0 Å². The van der Waals surface area contributed by atoms with Gasteiger partial charge in [-0.15, -0.1) is 0 Å². The molecule has 2 atom stereocenters. The molecule has 146 valence electrons. The number of carbonyl (C=O) groups is 1. The first kappa shape index (κ1) is 21.3. The highest BCUT2D eigenvalue weighted by Gasteiger charge is 2.45. The van der Waals surface area contributed by atoms with E-state index in [1.165, 1.54) is 0 Å². The summed E-state index contributed by atoms with van der Waals surface area (Å²) < 4.78 is 0. The van der Waals surface area contributed by atoms with Gasteiger partial charge in [-0.1, -0.05) is 63.1 Å². The molecule has 0 saturated carbocycles. The molecule has 2 aromatic rings. The van der Waals surface area contributed by atoms with Crippen LogP contribution < -0.4 is 0 Å². The van der Waals surface area contributed by atoms with E-state index < -0.39 is 5.41 Å². The summed E-state index contributed by atoms with van der Waals surface area (Å²) in [4.78, 5) is 20.9. The molecule has 0 aliphatic heterocycles. The third-order valence-corrected chi connectivity index (χ3v) is 5.49. The molecule has 0 amide bonds. The summed E-state index contributed by atoms with van der Waals surface area (Å²) in [6, 6.07) is 16.2. The minimum atomic E-state index is -0.693. The Hall–Kier alpha value is -2.00. The SMILES string of the molecule is CCCC[C@@H](CC)C(=O)[C@@](CCN(C)C)(c1ccccc1)c1ccccn1. The lowest BCUT2D eigenvalue weighted by molar-refractivity contribution is -0.128. The molecular formula is C24H34N2O. The van der Waals surface area contributed by atoms with Crippen molar-refractivity contribution >= 4 is 5.78 Å². The van der Waals surface area contributed by atoms with Gasteiger partial charge in [0.1, 0.15) is 0 Å². The number of unbranched alkanes of at least 4 members (excludes halogenated alkanes) is 1. The Morgan fingerprint density at radius 2 is 1.78 bits per heavy atom. The molecule has 0 saturated heterocycles. The fourth-order valence-corrected chi connectivity index (χ4v) is 3.86. The van der Waals surface area contributed by atoms with E-state index in [-0.39, 0.29) is 5.92 Å². The smallest absolute Gasteiger partial charge is 0.152 e. The largest absolute Gasteiger partial charge is 0.309 e. The van der Waals surface area contributed by atoms with Gasteiger partial charge in [0.15, 0.2) is 5.78 Å². The second-order valence-electron chi connectivity index (χ2n) is 7.65. The van der Waals surface area contributed by atoms with Crippen molar-refractivity contribution in [2.75, 3.05) is 20.6 Å². The van der Waals surface area contributed by atoms with Crippen molar-refractivity contribution in [1.82, 2.24) is 9.88 Å². The molecule has 1 heterocycles. The third-order valence-electron chi connectivity index (χ3n) is 5.49. The number of carbonyl (C=O) groups excluding carboxylic acids is 1. The number of pyridine rings is 1. The average molecular weight is 367 g/mol. The fraction of sp³-hybridized carbons (Fsp3) is 0.500. The molecule has 27 heavy (non-hydrogen) atoms. The summed E-state index contributed by atoms with van der Waals surface area (Å²) in [7, 11) is 4.13. The maximum atomic E-state index is 14.1. The quantitative estimate of drug-likeness (QED) is 0.554. The van der Waals surface area contributed by atoms with Crippen LogP contribution in [0.3, 0.4) is 0 Å². The van der Waals surface area contributed by atoms with Crippen LogP contribution in [0.25, 0.3) is 0 Å². The Kier molecular flexibility index (Phi) is 8.18. The van der Waals surface area contributed by atoms with Gasteiger partial charge in [-0.05, 0) is 57.6 Å². The molecule has 0 unspecified atom stereocenters. The maximum Gasteiger partial charge on any atom is 0.152 e. The highest BCUT2D eigenvalue weighted by Crippen LogP contribution is 2.39. The highest BCUT2D eigenvalue weighted by molar-refractivity contribution is 5.95. The van der Waals surface area contributed by atoms with Crippen LogP contribution in [0.1, 0.15) is 57.2 Å². The lowest BCUT2D eigenvalue weighted by Gasteiger charge is -2.36. The Balaban J connectivity index is 2.61. The lowest BCUT2D eigenvalue weighted by atomic mass is 9.66. The first-order valence-electron chi connectivity index (χ1n) is 10.2. The van der Waals surface area contributed by atoms with Crippen LogP contribution in [-0.2, 0) is 10.2 Å². The van der Waals surface area contributed by atoms with Crippen molar-refractivity contribution in [3.05, 3.63) is 66.0 Å². The first-order valence-corrected chi connectivity index (χ1v) is 10.2. The molecule has 0 bridgehead atoms. The molecular weight excluding hydrogens is 332 g/mol. The molecule has 0 aliphatic carbocycles. The highest BCUT2D eigenvalue weighted by atomic mass is 16.1. The number of nitrogens with zero attached hydrogens (tertiary/aromatic N) is 2. The second-order valence-corrected chi connectivity index (χ2v) is 7.65. The van der Waals surface area contributed by atoms with Gasteiger partial charge < -0.3 is 4.90 Å². The minimum Gasteiger partial charge on any atom is -0.309 e. The van der Waals surface area contributed by atoms with Gasteiger partial charge in [-0.3, -0.25) is 9.78 Å². The molecule has 1 aromatic heterocycles. The number of hydrogen-bond donors (Lipinski definition) is 0. The van der Waals surface area contributed by atoms with Crippen molar-refractivity contribution in [2.45, 2.75) is 51.4 Å². The number of aromatic nitrogens is 1. The number of benzene rings is 1. The molecule has 1 aromatic carbocycles.